The van der Waals surface area contributed by atoms with Gasteiger partial charge in [-0.2, -0.15) is 0 Å². The molecule has 3 rings (SSSR count). The fourth-order valence-corrected chi connectivity index (χ4v) is 2.70. The minimum Gasteiger partial charge on any atom is -0.322 e. The van der Waals surface area contributed by atoms with E-state index in [0.29, 0.717) is 16.8 Å². The number of anilines is 1. The second-order valence-electron chi connectivity index (χ2n) is 5.42. The molecule has 0 fully saturated rings. The summed E-state index contributed by atoms with van der Waals surface area (Å²) in [6.45, 7) is 1.53. The predicted molar refractivity (Wildman–Crippen MR) is 82.9 cm³/mol. The predicted octanol–water partition coefficient (Wildman–Crippen LogP) is 3.63. The molecule has 1 aliphatic rings. The molecule has 0 bridgehead atoms. The molecule has 1 aliphatic carbocycles. The van der Waals surface area contributed by atoms with Crippen LogP contribution < -0.4 is 5.32 Å². The van der Waals surface area contributed by atoms with E-state index in [1.165, 1.54) is 24.5 Å². The zero-order valence-corrected chi connectivity index (χ0v) is 12.0. The van der Waals surface area contributed by atoms with Crippen molar-refractivity contribution in [3.8, 4) is 0 Å². The highest BCUT2D eigenvalue weighted by Crippen LogP contribution is 2.23. The molecule has 106 valence electrons. The summed E-state index contributed by atoms with van der Waals surface area (Å²) in [6.07, 6.45) is 3.35. The molecular weight excluding hydrogens is 262 g/mol. The number of benzene rings is 2. The molecule has 2 aromatic rings. The van der Waals surface area contributed by atoms with Crippen LogP contribution >= 0.6 is 0 Å². The molecule has 21 heavy (non-hydrogen) atoms. The van der Waals surface area contributed by atoms with E-state index in [1.54, 1.807) is 24.3 Å². The van der Waals surface area contributed by atoms with Gasteiger partial charge < -0.3 is 5.32 Å². The van der Waals surface area contributed by atoms with Crippen molar-refractivity contribution in [2.75, 3.05) is 5.32 Å². The van der Waals surface area contributed by atoms with Gasteiger partial charge in [-0.25, -0.2) is 0 Å². The Morgan fingerprint density at radius 3 is 2.29 bits per heavy atom. The van der Waals surface area contributed by atoms with Crippen molar-refractivity contribution in [2.45, 2.75) is 26.2 Å². The Labute approximate surface area is 124 Å². The fraction of sp³-hybridized carbons (Fsp3) is 0.222. The number of carbonyl (C=O) groups is 2. The Hall–Kier alpha value is -2.42. The summed E-state index contributed by atoms with van der Waals surface area (Å²) in [6, 6.07) is 12.9. The summed E-state index contributed by atoms with van der Waals surface area (Å²) in [5.41, 5.74) is 4.68. The summed E-state index contributed by atoms with van der Waals surface area (Å²) in [4.78, 5) is 23.5. The summed E-state index contributed by atoms with van der Waals surface area (Å²) < 4.78 is 0. The third-order valence-corrected chi connectivity index (χ3v) is 3.91. The monoisotopic (exact) mass is 279 g/mol. The summed E-state index contributed by atoms with van der Waals surface area (Å²) in [7, 11) is 0. The minimum atomic E-state index is -0.111. The van der Waals surface area contributed by atoms with E-state index in [9.17, 15) is 9.59 Å². The minimum absolute atomic E-state index is 0.0199. The molecule has 0 heterocycles. The van der Waals surface area contributed by atoms with Crippen LogP contribution in [0.2, 0.25) is 0 Å². The van der Waals surface area contributed by atoms with Gasteiger partial charge in [-0.1, -0.05) is 6.07 Å². The first-order valence-corrected chi connectivity index (χ1v) is 7.17. The SMILES string of the molecule is CC(=O)c1ccc(NC(=O)c2ccc3c(c2)CCC3)cc1. The van der Waals surface area contributed by atoms with Crippen LogP contribution in [0.15, 0.2) is 42.5 Å². The second-order valence-corrected chi connectivity index (χ2v) is 5.42. The zero-order chi connectivity index (χ0) is 14.8. The molecule has 1 amide bonds. The first-order valence-electron chi connectivity index (χ1n) is 7.17. The molecule has 3 nitrogen and oxygen atoms in total. The number of rotatable bonds is 3. The van der Waals surface area contributed by atoms with Crippen molar-refractivity contribution in [3.63, 3.8) is 0 Å². The van der Waals surface area contributed by atoms with Crippen LogP contribution in [0.5, 0.6) is 0 Å². The van der Waals surface area contributed by atoms with Gasteiger partial charge in [0.15, 0.2) is 5.78 Å². The van der Waals surface area contributed by atoms with E-state index in [-0.39, 0.29) is 11.7 Å². The van der Waals surface area contributed by atoms with Crippen molar-refractivity contribution in [3.05, 3.63) is 64.7 Å². The number of ketones is 1. The lowest BCUT2D eigenvalue weighted by molar-refractivity contribution is 0.101. The van der Waals surface area contributed by atoms with Crippen molar-refractivity contribution >= 4 is 17.4 Å². The fourth-order valence-electron chi connectivity index (χ4n) is 2.70. The van der Waals surface area contributed by atoms with Crippen LogP contribution in [0.1, 0.15) is 45.2 Å². The Bertz CT molecular complexity index is 702. The lowest BCUT2D eigenvalue weighted by atomic mass is 10.1. The molecule has 0 aromatic heterocycles. The van der Waals surface area contributed by atoms with Gasteiger partial charge >= 0.3 is 0 Å². The largest absolute Gasteiger partial charge is 0.322 e. The van der Waals surface area contributed by atoms with Gasteiger partial charge in [0.2, 0.25) is 0 Å². The molecule has 0 saturated heterocycles. The van der Waals surface area contributed by atoms with Crippen LogP contribution in [0.25, 0.3) is 0 Å². The Balaban J connectivity index is 1.75. The molecule has 0 aliphatic heterocycles. The van der Waals surface area contributed by atoms with Gasteiger partial charge in [0.1, 0.15) is 0 Å². The molecule has 0 radical (unpaired) electrons. The lowest BCUT2D eigenvalue weighted by Gasteiger charge is -2.07. The number of carbonyl (C=O) groups excluding carboxylic acids is 2. The standard InChI is InChI=1S/C18H17NO2/c1-12(20)13-7-9-17(10-8-13)19-18(21)16-6-5-14-3-2-4-15(14)11-16/h5-11H,2-4H2,1H3,(H,19,21). The normalized spacial score (nSPS) is 12.8. The average Bonchev–Trinajstić information content (AvgIpc) is 2.95. The lowest BCUT2D eigenvalue weighted by Crippen LogP contribution is -2.12. The van der Waals surface area contributed by atoms with Crippen molar-refractivity contribution in [1.29, 1.82) is 0 Å². The molecule has 1 N–H and O–H groups in total. The highest BCUT2D eigenvalue weighted by Gasteiger charge is 2.14. The molecule has 0 unspecified atom stereocenters. The van der Waals surface area contributed by atoms with E-state index in [0.717, 1.165) is 12.8 Å². The van der Waals surface area contributed by atoms with Gasteiger partial charge in [-0.3, -0.25) is 9.59 Å². The van der Waals surface area contributed by atoms with E-state index in [2.05, 4.69) is 11.4 Å². The van der Waals surface area contributed by atoms with Gasteiger partial charge in [0, 0.05) is 16.8 Å². The maximum Gasteiger partial charge on any atom is 0.255 e. The van der Waals surface area contributed by atoms with Gasteiger partial charge in [-0.05, 0) is 73.7 Å². The third-order valence-electron chi connectivity index (χ3n) is 3.91. The Morgan fingerprint density at radius 1 is 0.905 bits per heavy atom. The maximum atomic E-state index is 12.3. The van der Waals surface area contributed by atoms with E-state index in [4.69, 9.17) is 0 Å². The zero-order valence-electron chi connectivity index (χ0n) is 12.0. The van der Waals surface area contributed by atoms with Gasteiger partial charge in [0.05, 0.1) is 0 Å². The highest BCUT2D eigenvalue weighted by molar-refractivity contribution is 6.04. The number of aryl methyl sites for hydroxylation is 2. The van der Waals surface area contributed by atoms with Crippen molar-refractivity contribution < 1.29 is 9.59 Å². The molecule has 0 spiro atoms. The number of hydrogen-bond acceptors (Lipinski definition) is 2. The maximum absolute atomic E-state index is 12.3. The molecule has 0 saturated carbocycles. The highest BCUT2D eigenvalue weighted by atomic mass is 16.1. The van der Waals surface area contributed by atoms with Crippen LogP contribution in [0.3, 0.4) is 0 Å². The molecule has 0 atom stereocenters. The average molecular weight is 279 g/mol. The van der Waals surface area contributed by atoms with Crippen LogP contribution in [-0.4, -0.2) is 11.7 Å². The van der Waals surface area contributed by atoms with E-state index in [1.807, 2.05) is 12.1 Å². The van der Waals surface area contributed by atoms with Crippen LogP contribution in [0.4, 0.5) is 5.69 Å². The quantitative estimate of drug-likeness (QED) is 0.872. The number of hydrogen-bond donors (Lipinski definition) is 1. The topological polar surface area (TPSA) is 46.2 Å². The molecule has 2 aromatic carbocycles. The first-order chi connectivity index (χ1) is 10.1. The first kappa shape index (κ1) is 13.6. The summed E-state index contributed by atoms with van der Waals surface area (Å²) in [5, 5.41) is 2.87. The van der Waals surface area contributed by atoms with E-state index < -0.39 is 0 Å². The Kier molecular flexibility index (Phi) is 3.57. The number of amides is 1. The second kappa shape index (κ2) is 5.52. The van der Waals surface area contributed by atoms with Crippen LogP contribution in [0, 0.1) is 0 Å². The number of Topliss-reactive ketones (excluding diaryl/α,β-unsaturated/α-hetero) is 1. The number of fused-ring (bicyclic) bond motifs is 1. The third kappa shape index (κ3) is 2.87. The number of nitrogens with one attached hydrogen (secondary N) is 1. The van der Waals surface area contributed by atoms with Crippen molar-refractivity contribution in [1.82, 2.24) is 0 Å². The van der Waals surface area contributed by atoms with E-state index >= 15 is 0 Å². The van der Waals surface area contributed by atoms with Crippen molar-refractivity contribution in [2.24, 2.45) is 0 Å². The molecule has 3 heteroatoms. The van der Waals surface area contributed by atoms with Gasteiger partial charge in [-0.15, -0.1) is 0 Å². The molecular formula is C18H17NO2. The van der Waals surface area contributed by atoms with Gasteiger partial charge in [0.25, 0.3) is 5.91 Å². The smallest absolute Gasteiger partial charge is 0.255 e. The summed E-state index contributed by atoms with van der Waals surface area (Å²) >= 11 is 0. The summed E-state index contributed by atoms with van der Waals surface area (Å²) in [5.74, 6) is -0.0910. The Morgan fingerprint density at radius 2 is 1.57 bits per heavy atom. The van der Waals surface area contributed by atoms with Crippen LogP contribution in [-0.2, 0) is 12.8 Å².